The third-order valence-electron chi connectivity index (χ3n) is 3.07. The smallest absolute Gasteiger partial charge is 0.180 e. The summed E-state index contributed by atoms with van der Waals surface area (Å²) in [5.41, 5.74) is 1.97. The number of anilines is 1. The first-order valence-electron chi connectivity index (χ1n) is 6.26. The number of nitrogens with zero attached hydrogens (tertiary/aromatic N) is 4. The normalized spacial score (nSPS) is 10.7. The van der Waals surface area contributed by atoms with Crippen molar-refractivity contribution in [1.29, 1.82) is 0 Å². The molecule has 4 nitrogen and oxygen atoms in total. The standard InChI is InChI=1S/C15H13FN4/c1-20(10-11-4-2-3-5-12(11)16)14-7-6-13-15(19-14)18-9-8-17-13/h2-9H,10H2,1H3. The summed E-state index contributed by atoms with van der Waals surface area (Å²) in [5, 5.41) is 0. The Kier molecular flexibility index (Phi) is 3.25. The molecule has 0 aliphatic heterocycles. The molecule has 0 fully saturated rings. The second kappa shape index (κ2) is 5.21. The molecule has 1 aromatic carbocycles. The van der Waals surface area contributed by atoms with E-state index in [1.54, 1.807) is 24.5 Å². The van der Waals surface area contributed by atoms with Crippen LogP contribution >= 0.6 is 0 Å². The monoisotopic (exact) mass is 268 g/mol. The molecule has 2 heterocycles. The largest absolute Gasteiger partial charge is 0.355 e. The van der Waals surface area contributed by atoms with Crippen LogP contribution in [0.25, 0.3) is 11.2 Å². The van der Waals surface area contributed by atoms with E-state index in [1.165, 1.54) is 6.07 Å². The van der Waals surface area contributed by atoms with Gasteiger partial charge in [0.25, 0.3) is 0 Å². The molecule has 0 aliphatic rings. The fraction of sp³-hybridized carbons (Fsp3) is 0.133. The number of aromatic nitrogens is 3. The van der Waals surface area contributed by atoms with Crippen molar-refractivity contribution in [3.05, 3.63) is 60.2 Å². The molecule has 100 valence electrons. The first kappa shape index (κ1) is 12.5. The van der Waals surface area contributed by atoms with E-state index in [0.717, 1.165) is 11.3 Å². The molecule has 0 aliphatic carbocycles. The Morgan fingerprint density at radius 1 is 1.05 bits per heavy atom. The molecular formula is C15H13FN4. The molecule has 3 aromatic rings. The van der Waals surface area contributed by atoms with E-state index in [9.17, 15) is 4.39 Å². The van der Waals surface area contributed by atoms with E-state index in [4.69, 9.17) is 0 Å². The van der Waals surface area contributed by atoms with Gasteiger partial charge in [0.05, 0.1) is 0 Å². The summed E-state index contributed by atoms with van der Waals surface area (Å²) in [7, 11) is 1.87. The number of halogens is 1. The van der Waals surface area contributed by atoms with Gasteiger partial charge in [-0.15, -0.1) is 0 Å². The molecule has 20 heavy (non-hydrogen) atoms. The zero-order chi connectivity index (χ0) is 13.9. The summed E-state index contributed by atoms with van der Waals surface area (Å²) in [5.74, 6) is 0.529. The molecule has 3 rings (SSSR count). The molecule has 0 amide bonds. The summed E-state index contributed by atoms with van der Waals surface area (Å²) < 4.78 is 13.6. The van der Waals surface area contributed by atoms with Crippen molar-refractivity contribution >= 4 is 17.0 Å². The van der Waals surface area contributed by atoms with E-state index in [0.29, 0.717) is 17.8 Å². The van der Waals surface area contributed by atoms with Crippen LogP contribution in [0.2, 0.25) is 0 Å². The molecule has 0 unspecified atom stereocenters. The lowest BCUT2D eigenvalue weighted by Gasteiger charge is -2.18. The minimum absolute atomic E-state index is 0.208. The molecule has 0 spiro atoms. The Morgan fingerprint density at radius 3 is 2.70 bits per heavy atom. The Hall–Kier alpha value is -2.56. The second-order valence-corrected chi connectivity index (χ2v) is 4.52. The molecule has 0 N–H and O–H groups in total. The summed E-state index contributed by atoms with van der Waals surface area (Å²) in [6.45, 7) is 0.450. The highest BCUT2D eigenvalue weighted by atomic mass is 19.1. The number of benzene rings is 1. The van der Waals surface area contributed by atoms with E-state index in [-0.39, 0.29) is 5.82 Å². The average molecular weight is 268 g/mol. The van der Waals surface area contributed by atoms with Gasteiger partial charge < -0.3 is 4.90 Å². The minimum atomic E-state index is -0.208. The predicted octanol–water partition coefficient (Wildman–Crippen LogP) is 2.80. The van der Waals surface area contributed by atoms with Crippen LogP contribution in [0, 0.1) is 5.82 Å². The molecule has 5 heteroatoms. The highest BCUT2D eigenvalue weighted by Gasteiger charge is 2.08. The van der Waals surface area contributed by atoms with Crippen LogP contribution in [0.4, 0.5) is 10.2 Å². The number of rotatable bonds is 3. The van der Waals surface area contributed by atoms with Crippen LogP contribution in [0.15, 0.2) is 48.8 Å². The van der Waals surface area contributed by atoms with Crippen LogP contribution in [0.3, 0.4) is 0 Å². The fourth-order valence-corrected chi connectivity index (χ4v) is 2.02. The topological polar surface area (TPSA) is 41.9 Å². The molecule has 0 saturated heterocycles. The van der Waals surface area contributed by atoms with Crippen molar-refractivity contribution in [3.63, 3.8) is 0 Å². The number of pyridine rings is 1. The predicted molar refractivity (Wildman–Crippen MR) is 75.8 cm³/mol. The van der Waals surface area contributed by atoms with Crippen molar-refractivity contribution in [2.45, 2.75) is 6.54 Å². The van der Waals surface area contributed by atoms with Gasteiger partial charge in [0.1, 0.15) is 17.2 Å². The maximum absolute atomic E-state index is 13.6. The van der Waals surface area contributed by atoms with Crippen molar-refractivity contribution in [2.75, 3.05) is 11.9 Å². The van der Waals surface area contributed by atoms with Crippen LogP contribution in [-0.2, 0) is 6.54 Å². The van der Waals surface area contributed by atoms with Crippen LogP contribution in [0.5, 0.6) is 0 Å². The van der Waals surface area contributed by atoms with E-state index >= 15 is 0 Å². The first-order chi connectivity index (χ1) is 9.74. The third kappa shape index (κ3) is 2.42. The number of hydrogen-bond donors (Lipinski definition) is 0. The minimum Gasteiger partial charge on any atom is -0.355 e. The van der Waals surface area contributed by atoms with Crippen LogP contribution < -0.4 is 4.90 Å². The number of fused-ring (bicyclic) bond motifs is 1. The zero-order valence-electron chi connectivity index (χ0n) is 11.0. The van der Waals surface area contributed by atoms with E-state index < -0.39 is 0 Å². The van der Waals surface area contributed by atoms with Gasteiger partial charge in [0.2, 0.25) is 0 Å². The SMILES string of the molecule is CN(Cc1ccccc1F)c1ccc2nccnc2n1. The van der Waals surface area contributed by atoms with E-state index in [2.05, 4.69) is 15.0 Å². The van der Waals surface area contributed by atoms with Crippen molar-refractivity contribution in [1.82, 2.24) is 15.0 Å². The quantitative estimate of drug-likeness (QED) is 0.732. The molecule has 0 saturated carbocycles. The highest BCUT2D eigenvalue weighted by molar-refractivity contribution is 5.71. The average Bonchev–Trinajstić information content (AvgIpc) is 2.49. The second-order valence-electron chi connectivity index (χ2n) is 4.52. The molecule has 2 aromatic heterocycles. The van der Waals surface area contributed by atoms with Gasteiger partial charge >= 0.3 is 0 Å². The van der Waals surface area contributed by atoms with Gasteiger partial charge in [-0.1, -0.05) is 18.2 Å². The Morgan fingerprint density at radius 2 is 1.85 bits per heavy atom. The molecule has 0 radical (unpaired) electrons. The van der Waals surface area contributed by atoms with Crippen molar-refractivity contribution in [3.8, 4) is 0 Å². The maximum atomic E-state index is 13.6. The Bertz CT molecular complexity index is 745. The summed E-state index contributed by atoms with van der Waals surface area (Å²) in [6.07, 6.45) is 3.24. The molecular weight excluding hydrogens is 255 g/mol. The molecule has 0 atom stereocenters. The van der Waals surface area contributed by atoms with Gasteiger partial charge in [-0.25, -0.2) is 14.4 Å². The Labute approximate surface area is 115 Å². The lowest BCUT2D eigenvalue weighted by Crippen LogP contribution is -2.18. The third-order valence-corrected chi connectivity index (χ3v) is 3.07. The summed E-state index contributed by atoms with van der Waals surface area (Å²) in [6, 6.07) is 10.5. The van der Waals surface area contributed by atoms with Crippen LogP contribution in [-0.4, -0.2) is 22.0 Å². The highest BCUT2D eigenvalue weighted by Crippen LogP contribution is 2.17. The lowest BCUT2D eigenvalue weighted by atomic mass is 10.2. The van der Waals surface area contributed by atoms with Gasteiger partial charge in [0.15, 0.2) is 5.65 Å². The van der Waals surface area contributed by atoms with Gasteiger partial charge in [-0.3, -0.25) is 4.98 Å². The maximum Gasteiger partial charge on any atom is 0.180 e. The Balaban J connectivity index is 1.89. The van der Waals surface area contributed by atoms with Crippen LogP contribution in [0.1, 0.15) is 5.56 Å². The fourth-order valence-electron chi connectivity index (χ4n) is 2.02. The molecule has 0 bridgehead atoms. The van der Waals surface area contributed by atoms with Crippen molar-refractivity contribution < 1.29 is 4.39 Å². The van der Waals surface area contributed by atoms with Crippen molar-refractivity contribution in [2.24, 2.45) is 0 Å². The first-order valence-corrected chi connectivity index (χ1v) is 6.26. The zero-order valence-corrected chi connectivity index (χ0v) is 11.0. The van der Waals surface area contributed by atoms with Gasteiger partial charge in [-0.05, 0) is 18.2 Å². The summed E-state index contributed by atoms with van der Waals surface area (Å²) in [4.78, 5) is 14.7. The number of hydrogen-bond acceptors (Lipinski definition) is 4. The van der Waals surface area contributed by atoms with Gasteiger partial charge in [0, 0.05) is 31.5 Å². The van der Waals surface area contributed by atoms with E-state index in [1.807, 2.05) is 30.1 Å². The lowest BCUT2D eigenvalue weighted by molar-refractivity contribution is 0.607. The van der Waals surface area contributed by atoms with Gasteiger partial charge in [-0.2, -0.15) is 0 Å². The summed E-state index contributed by atoms with van der Waals surface area (Å²) >= 11 is 0.